The number of aryl methyl sites for hydroxylation is 2. The predicted molar refractivity (Wildman–Crippen MR) is 120 cm³/mol. The molecule has 2 aliphatic rings. The van der Waals surface area contributed by atoms with E-state index in [4.69, 9.17) is 10.5 Å². The average Bonchev–Trinajstić information content (AvgIpc) is 3.19. The van der Waals surface area contributed by atoms with E-state index in [-0.39, 0.29) is 18.1 Å². The molecule has 2 aromatic rings. The fourth-order valence-electron chi connectivity index (χ4n) is 4.29. The predicted octanol–water partition coefficient (Wildman–Crippen LogP) is 3.35. The van der Waals surface area contributed by atoms with Gasteiger partial charge in [0.2, 0.25) is 0 Å². The summed E-state index contributed by atoms with van der Waals surface area (Å²) in [6.45, 7) is 5.71. The van der Waals surface area contributed by atoms with Crippen LogP contribution in [0.2, 0.25) is 0 Å². The van der Waals surface area contributed by atoms with E-state index in [9.17, 15) is 4.79 Å². The van der Waals surface area contributed by atoms with Gasteiger partial charge in [-0.2, -0.15) is 0 Å². The van der Waals surface area contributed by atoms with Crippen molar-refractivity contribution in [2.45, 2.75) is 51.9 Å². The van der Waals surface area contributed by atoms with Crippen molar-refractivity contribution in [1.29, 1.82) is 0 Å². The summed E-state index contributed by atoms with van der Waals surface area (Å²) >= 11 is 0. The minimum Gasteiger partial charge on any atom is -0.372 e. The number of ether oxygens (including phenoxy) is 1. The Balaban J connectivity index is 1.34. The van der Waals surface area contributed by atoms with Crippen LogP contribution in [0.4, 0.5) is 5.69 Å². The smallest absolute Gasteiger partial charge is 0.254 e. The van der Waals surface area contributed by atoms with Gasteiger partial charge in [0, 0.05) is 24.3 Å². The molecule has 6 nitrogen and oxygen atoms in total. The van der Waals surface area contributed by atoms with Crippen LogP contribution in [0.15, 0.2) is 47.5 Å². The number of nitrogens with one attached hydrogen (secondary N) is 1. The van der Waals surface area contributed by atoms with Crippen molar-refractivity contribution < 1.29 is 9.53 Å². The molecule has 2 atom stereocenters. The number of nitrogens with zero attached hydrogens (tertiary/aromatic N) is 2. The Kier molecular flexibility index (Phi) is 6.04. The molecule has 0 bridgehead atoms. The number of fused-ring (bicyclic) bond motifs is 1. The normalized spacial score (nSPS) is 21.4. The Morgan fingerprint density at radius 2 is 1.80 bits per heavy atom. The minimum absolute atomic E-state index is 0.0461. The number of rotatable bonds is 4. The molecule has 1 heterocycles. The van der Waals surface area contributed by atoms with E-state index in [0.29, 0.717) is 31.2 Å². The Bertz CT molecular complexity index is 929. The third-order valence-electron chi connectivity index (χ3n) is 5.71. The van der Waals surface area contributed by atoms with E-state index in [2.05, 4.69) is 28.5 Å². The van der Waals surface area contributed by atoms with Gasteiger partial charge in [-0.25, -0.2) is 4.99 Å². The van der Waals surface area contributed by atoms with E-state index in [1.807, 2.05) is 43.0 Å². The van der Waals surface area contributed by atoms with E-state index >= 15 is 0 Å². The molecule has 1 aliphatic heterocycles. The van der Waals surface area contributed by atoms with Gasteiger partial charge in [0.15, 0.2) is 5.96 Å². The highest BCUT2D eigenvalue weighted by Crippen LogP contribution is 2.24. The zero-order chi connectivity index (χ0) is 21.1. The molecule has 1 saturated heterocycles. The molecule has 1 fully saturated rings. The zero-order valence-electron chi connectivity index (χ0n) is 17.7. The fraction of sp³-hybridized carbons (Fsp3) is 0.417. The van der Waals surface area contributed by atoms with Crippen molar-refractivity contribution in [3.05, 3.63) is 64.7 Å². The number of carbonyl (C=O) groups excluding carboxylic acids is 1. The molecule has 1 aliphatic carbocycles. The summed E-state index contributed by atoms with van der Waals surface area (Å²) in [5, 5.41) is 3.18. The van der Waals surface area contributed by atoms with Crippen LogP contribution < -0.4 is 11.1 Å². The van der Waals surface area contributed by atoms with E-state index in [1.54, 1.807) is 0 Å². The van der Waals surface area contributed by atoms with Gasteiger partial charge in [0.1, 0.15) is 0 Å². The van der Waals surface area contributed by atoms with Crippen molar-refractivity contribution in [2.24, 2.45) is 10.7 Å². The largest absolute Gasteiger partial charge is 0.372 e. The summed E-state index contributed by atoms with van der Waals surface area (Å²) in [5.41, 5.74) is 11.6. The maximum absolute atomic E-state index is 12.8. The van der Waals surface area contributed by atoms with Gasteiger partial charge in [0.25, 0.3) is 5.91 Å². The summed E-state index contributed by atoms with van der Waals surface area (Å²) in [4.78, 5) is 19.1. The number of benzene rings is 2. The number of carbonyl (C=O) groups is 1. The molecule has 0 aromatic heterocycles. The van der Waals surface area contributed by atoms with Crippen LogP contribution in [0.5, 0.6) is 0 Å². The first-order valence-corrected chi connectivity index (χ1v) is 10.7. The number of amides is 1. The second-order valence-electron chi connectivity index (χ2n) is 8.33. The Hall–Kier alpha value is -2.86. The molecule has 3 N–H and O–H groups in total. The Morgan fingerprint density at radius 1 is 1.10 bits per heavy atom. The molecule has 1 amide bonds. The average molecular weight is 407 g/mol. The lowest BCUT2D eigenvalue weighted by molar-refractivity contribution is -0.0586. The van der Waals surface area contributed by atoms with Crippen LogP contribution in [0.3, 0.4) is 0 Å². The van der Waals surface area contributed by atoms with E-state index in [1.165, 1.54) is 24.0 Å². The second kappa shape index (κ2) is 8.88. The zero-order valence-corrected chi connectivity index (χ0v) is 17.7. The topological polar surface area (TPSA) is 80.0 Å². The number of morpholine rings is 1. The van der Waals surface area contributed by atoms with Crippen LogP contribution >= 0.6 is 0 Å². The number of nitrogens with two attached hydrogens (primary N) is 1. The Labute approximate surface area is 178 Å². The highest BCUT2D eigenvalue weighted by molar-refractivity contribution is 5.94. The summed E-state index contributed by atoms with van der Waals surface area (Å²) in [6, 6.07) is 14.0. The highest BCUT2D eigenvalue weighted by Gasteiger charge is 2.26. The SMILES string of the molecule is CC1CN(C(=O)c2ccc(CN=C(N)Nc3ccc4c(c3)CCC4)cc2)CC(C)O1. The lowest BCUT2D eigenvalue weighted by atomic mass is 10.1. The number of hydrogen-bond donors (Lipinski definition) is 2. The molecule has 0 radical (unpaired) electrons. The van der Waals surface area contributed by atoms with E-state index in [0.717, 1.165) is 17.7 Å². The van der Waals surface area contributed by atoms with Crippen LogP contribution in [-0.4, -0.2) is 42.1 Å². The lowest BCUT2D eigenvalue weighted by Crippen LogP contribution is -2.48. The van der Waals surface area contributed by atoms with Crippen LogP contribution in [0, 0.1) is 0 Å². The molecule has 2 aromatic carbocycles. The molecular weight excluding hydrogens is 376 g/mol. The van der Waals surface area contributed by atoms with Crippen LogP contribution in [0.25, 0.3) is 0 Å². The van der Waals surface area contributed by atoms with Gasteiger partial charge in [-0.15, -0.1) is 0 Å². The summed E-state index contributed by atoms with van der Waals surface area (Å²) in [5.74, 6) is 0.439. The quantitative estimate of drug-likeness (QED) is 0.603. The van der Waals surface area contributed by atoms with Gasteiger partial charge in [-0.3, -0.25) is 4.79 Å². The first-order chi connectivity index (χ1) is 14.5. The number of guanidine groups is 1. The standard InChI is InChI=1S/C24H30N4O2/c1-16-14-28(15-17(2)30-16)23(29)20-8-6-18(7-9-20)13-26-24(25)27-22-11-10-19-4-3-5-21(19)12-22/h6-12,16-17H,3-5,13-15H2,1-2H3,(H3,25,26,27). The first-order valence-electron chi connectivity index (χ1n) is 10.7. The van der Waals surface area contributed by atoms with Crippen molar-refractivity contribution in [2.75, 3.05) is 18.4 Å². The third-order valence-corrected chi connectivity index (χ3v) is 5.71. The van der Waals surface area contributed by atoms with Crippen LogP contribution in [-0.2, 0) is 24.1 Å². The van der Waals surface area contributed by atoms with Gasteiger partial charge < -0.3 is 20.7 Å². The molecule has 6 heteroatoms. The lowest BCUT2D eigenvalue weighted by Gasteiger charge is -2.35. The van der Waals surface area contributed by atoms with Gasteiger partial charge in [-0.1, -0.05) is 18.2 Å². The molecule has 0 saturated carbocycles. The number of anilines is 1. The molecule has 30 heavy (non-hydrogen) atoms. The van der Waals surface area contributed by atoms with Gasteiger partial charge in [-0.05, 0) is 74.1 Å². The maximum atomic E-state index is 12.8. The number of hydrogen-bond acceptors (Lipinski definition) is 3. The van der Waals surface area contributed by atoms with Crippen molar-refractivity contribution in [3.63, 3.8) is 0 Å². The van der Waals surface area contributed by atoms with Crippen molar-refractivity contribution >= 4 is 17.6 Å². The molecule has 2 unspecified atom stereocenters. The Morgan fingerprint density at radius 3 is 2.53 bits per heavy atom. The third kappa shape index (κ3) is 4.82. The summed E-state index contributed by atoms with van der Waals surface area (Å²) < 4.78 is 5.71. The highest BCUT2D eigenvalue weighted by atomic mass is 16.5. The van der Waals surface area contributed by atoms with Crippen molar-refractivity contribution in [3.8, 4) is 0 Å². The van der Waals surface area contributed by atoms with E-state index < -0.39 is 0 Å². The maximum Gasteiger partial charge on any atom is 0.254 e. The van der Waals surface area contributed by atoms with Crippen LogP contribution in [0.1, 0.15) is 47.3 Å². The molecule has 0 spiro atoms. The summed E-state index contributed by atoms with van der Waals surface area (Å²) in [7, 11) is 0. The number of aliphatic imine (C=N–C) groups is 1. The van der Waals surface area contributed by atoms with Gasteiger partial charge >= 0.3 is 0 Å². The molecule has 158 valence electrons. The fourth-order valence-corrected chi connectivity index (χ4v) is 4.29. The molecular formula is C24H30N4O2. The van der Waals surface area contributed by atoms with Crippen molar-refractivity contribution in [1.82, 2.24) is 4.90 Å². The first kappa shape index (κ1) is 20.4. The monoisotopic (exact) mass is 406 g/mol. The van der Waals surface area contributed by atoms with Gasteiger partial charge in [0.05, 0.1) is 18.8 Å². The molecule has 4 rings (SSSR count). The summed E-state index contributed by atoms with van der Waals surface area (Å²) in [6.07, 6.45) is 3.65. The minimum atomic E-state index is 0.0461. The second-order valence-corrected chi connectivity index (χ2v) is 8.33.